The van der Waals surface area contributed by atoms with Crippen LogP contribution >= 0.6 is 0 Å². The van der Waals surface area contributed by atoms with Crippen LogP contribution in [0.5, 0.6) is 5.75 Å². The number of ether oxygens (including phenoxy) is 2. The zero-order valence-corrected chi connectivity index (χ0v) is 8.83. The molecule has 0 fully saturated rings. The summed E-state index contributed by atoms with van der Waals surface area (Å²) in [5.74, 6) is -2.11. The molecule has 0 aliphatic rings. The van der Waals surface area contributed by atoms with Crippen LogP contribution in [0.15, 0.2) is 18.2 Å². The minimum Gasteiger partial charge on any atom is -0.493 e. The molecule has 0 unspecified atom stereocenters. The first kappa shape index (κ1) is 12.4. The van der Waals surface area contributed by atoms with Crippen molar-refractivity contribution in [1.82, 2.24) is 0 Å². The van der Waals surface area contributed by atoms with Gasteiger partial charge in [-0.2, -0.15) is 0 Å². The largest absolute Gasteiger partial charge is 0.493 e. The minimum atomic E-state index is -0.978. The van der Waals surface area contributed by atoms with Gasteiger partial charge < -0.3 is 9.47 Å². The monoisotopic (exact) mass is 230 g/mol. The average Bonchev–Trinajstić information content (AvgIpc) is 2.24. The molecular weight excluding hydrogens is 218 g/mol. The van der Waals surface area contributed by atoms with E-state index in [9.17, 15) is 13.6 Å². The van der Waals surface area contributed by atoms with Crippen molar-refractivity contribution in [2.75, 3.05) is 13.2 Å². The van der Waals surface area contributed by atoms with E-state index in [-0.39, 0.29) is 24.7 Å². The normalized spacial score (nSPS) is 9.94. The molecule has 0 aromatic heterocycles. The van der Waals surface area contributed by atoms with Crippen LogP contribution in [0.25, 0.3) is 0 Å². The standard InChI is InChI=1S/C11H12F2O3/c1-2-15-11(14)5-6-16-8-3-4-9(12)10(13)7-8/h3-4,7H,2,5-6H2,1H3. The third kappa shape index (κ3) is 3.84. The van der Waals surface area contributed by atoms with Gasteiger partial charge in [-0.25, -0.2) is 8.78 Å². The summed E-state index contributed by atoms with van der Waals surface area (Å²) in [7, 11) is 0. The number of hydrogen-bond donors (Lipinski definition) is 0. The van der Waals surface area contributed by atoms with E-state index in [1.165, 1.54) is 6.07 Å². The molecule has 1 aromatic rings. The predicted molar refractivity (Wildman–Crippen MR) is 53.1 cm³/mol. The smallest absolute Gasteiger partial charge is 0.309 e. The summed E-state index contributed by atoms with van der Waals surface area (Å²) >= 11 is 0. The van der Waals surface area contributed by atoms with Crippen LogP contribution in [0, 0.1) is 11.6 Å². The number of halogens is 2. The average molecular weight is 230 g/mol. The highest BCUT2D eigenvalue weighted by atomic mass is 19.2. The molecule has 0 saturated heterocycles. The fourth-order valence-corrected chi connectivity index (χ4v) is 1.05. The Balaban J connectivity index is 2.37. The first-order chi connectivity index (χ1) is 7.63. The third-order valence-electron chi connectivity index (χ3n) is 1.77. The van der Waals surface area contributed by atoms with E-state index in [0.29, 0.717) is 6.61 Å². The Morgan fingerprint density at radius 3 is 2.69 bits per heavy atom. The Morgan fingerprint density at radius 2 is 2.06 bits per heavy atom. The summed E-state index contributed by atoms with van der Waals surface area (Å²) in [5, 5.41) is 0. The van der Waals surface area contributed by atoms with E-state index in [2.05, 4.69) is 4.74 Å². The SMILES string of the molecule is CCOC(=O)CCOc1ccc(F)c(F)c1. The van der Waals surface area contributed by atoms with Gasteiger partial charge in [0, 0.05) is 6.07 Å². The first-order valence-corrected chi connectivity index (χ1v) is 4.87. The molecule has 3 nitrogen and oxygen atoms in total. The lowest BCUT2D eigenvalue weighted by molar-refractivity contribution is -0.143. The molecule has 0 heterocycles. The van der Waals surface area contributed by atoms with Crippen molar-refractivity contribution in [2.45, 2.75) is 13.3 Å². The Hall–Kier alpha value is -1.65. The molecular formula is C11H12F2O3. The third-order valence-corrected chi connectivity index (χ3v) is 1.77. The van der Waals surface area contributed by atoms with Gasteiger partial charge in [-0.15, -0.1) is 0 Å². The molecule has 1 rings (SSSR count). The van der Waals surface area contributed by atoms with Crippen LogP contribution in [0.4, 0.5) is 8.78 Å². The molecule has 0 atom stereocenters. The van der Waals surface area contributed by atoms with Gasteiger partial charge in [-0.3, -0.25) is 4.79 Å². The summed E-state index contributed by atoms with van der Waals surface area (Å²) in [5.41, 5.74) is 0. The van der Waals surface area contributed by atoms with Gasteiger partial charge in [-0.1, -0.05) is 0 Å². The second-order valence-electron chi connectivity index (χ2n) is 2.98. The Morgan fingerprint density at radius 1 is 1.31 bits per heavy atom. The number of carbonyl (C=O) groups is 1. The molecule has 0 N–H and O–H groups in total. The molecule has 5 heteroatoms. The van der Waals surface area contributed by atoms with E-state index in [4.69, 9.17) is 4.74 Å². The molecule has 88 valence electrons. The lowest BCUT2D eigenvalue weighted by Crippen LogP contribution is -2.09. The van der Waals surface area contributed by atoms with Gasteiger partial charge in [0.1, 0.15) is 5.75 Å². The zero-order chi connectivity index (χ0) is 12.0. The molecule has 0 aliphatic heterocycles. The predicted octanol–water partition coefficient (Wildman–Crippen LogP) is 2.30. The van der Waals surface area contributed by atoms with Crippen molar-refractivity contribution in [3.63, 3.8) is 0 Å². The van der Waals surface area contributed by atoms with Gasteiger partial charge in [0.05, 0.1) is 19.6 Å². The Labute approximate surface area is 92.0 Å². The summed E-state index contributed by atoms with van der Waals surface area (Å²) in [6.07, 6.45) is 0.0762. The molecule has 1 aromatic carbocycles. The van der Waals surface area contributed by atoms with Crippen LogP contribution in [0.3, 0.4) is 0 Å². The van der Waals surface area contributed by atoms with Crippen LogP contribution in [-0.2, 0) is 9.53 Å². The lowest BCUT2D eigenvalue weighted by atomic mass is 10.3. The maximum absolute atomic E-state index is 12.7. The van der Waals surface area contributed by atoms with E-state index in [1.807, 2.05) is 0 Å². The fraction of sp³-hybridized carbons (Fsp3) is 0.364. The van der Waals surface area contributed by atoms with Crippen LogP contribution < -0.4 is 4.74 Å². The van der Waals surface area contributed by atoms with Crippen molar-refractivity contribution in [3.05, 3.63) is 29.8 Å². The number of rotatable bonds is 5. The Bertz CT molecular complexity index is 366. The summed E-state index contributed by atoms with van der Waals surface area (Å²) in [6.45, 7) is 2.09. The first-order valence-electron chi connectivity index (χ1n) is 4.87. The molecule has 0 aliphatic carbocycles. The number of esters is 1. The summed E-state index contributed by atoms with van der Waals surface area (Å²) < 4.78 is 35.0. The quantitative estimate of drug-likeness (QED) is 0.728. The topological polar surface area (TPSA) is 35.5 Å². The van der Waals surface area contributed by atoms with E-state index in [1.54, 1.807) is 6.92 Å². The number of benzene rings is 1. The minimum absolute atomic E-state index is 0.0733. The fourth-order valence-electron chi connectivity index (χ4n) is 1.05. The summed E-state index contributed by atoms with van der Waals surface area (Å²) in [4.78, 5) is 10.9. The summed E-state index contributed by atoms with van der Waals surface area (Å²) in [6, 6.07) is 3.19. The Kier molecular flexibility index (Phi) is 4.69. The van der Waals surface area contributed by atoms with Gasteiger partial charge >= 0.3 is 5.97 Å². The van der Waals surface area contributed by atoms with E-state index < -0.39 is 11.6 Å². The highest BCUT2D eigenvalue weighted by Gasteiger charge is 2.05. The van der Waals surface area contributed by atoms with Crippen LogP contribution in [-0.4, -0.2) is 19.2 Å². The highest BCUT2D eigenvalue weighted by molar-refractivity contribution is 5.69. The van der Waals surface area contributed by atoms with E-state index in [0.717, 1.165) is 12.1 Å². The highest BCUT2D eigenvalue weighted by Crippen LogP contribution is 2.15. The molecule has 0 spiro atoms. The molecule has 16 heavy (non-hydrogen) atoms. The van der Waals surface area contributed by atoms with Gasteiger partial charge in [0.25, 0.3) is 0 Å². The van der Waals surface area contributed by atoms with Crippen molar-refractivity contribution in [3.8, 4) is 5.75 Å². The van der Waals surface area contributed by atoms with Crippen molar-refractivity contribution >= 4 is 5.97 Å². The lowest BCUT2D eigenvalue weighted by Gasteiger charge is -2.06. The van der Waals surface area contributed by atoms with Crippen molar-refractivity contribution < 1.29 is 23.0 Å². The second kappa shape index (κ2) is 6.05. The number of carbonyl (C=O) groups excluding carboxylic acids is 1. The van der Waals surface area contributed by atoms with Gasteiger partial charge in [0.2, 0.25) is 0 Å². The van der Waals surface area contributed by atoms with E-state index >= 15 is 0 Å². The molecule has 0 saturated carbocycles. The van der Waals surface area contributed by atoms with Crippen LogP contribution in [0.1, 0.15) is 13.3 Å². The maximum Gasteiger partial charge on any atom is 0.309 e. The molecule has 0 amide bonds. The van der Waals surface area contributed by atoms with Crippen LogP contribution in [0.2, 0.25) is 0 Å². The maximum atomic E-state index is 12.7. The second-order valence-corrected chi connectivity index (χ2v) is 2.98. The molecule has 0 radical (unpaired) electrons. The zero-order valence-electron chi connectivity index (χ0n) is 8.83. The molecule has 0 bridgehead atoms. The van der Waals surface area contributed by atoms with Crippen molar-refractivity contribution in [2.24, 2.45) is 0 Å². The van der Waals surface area contributed by atoms with Gasteiger partial charge in [-0.05, 0) is 19.1 Å². The van der Waals surface area contributed by atoms with Gasteiger partial charge in [0.15, 0.2) is 11.6 Å². The number of hydrogen-bond acceptors (Lipinski definition) is 3. The van der Waals surface area contributed by atoms with Crippen molar-refractivity contribution in [1.29, 1.82) is 0 Å².